The Morgan fingerprint density at radius 3 is 2.05 bits per heavy atom. The molecule has 0 saturated carbocycles. The molecule has 0 saturated heterocycles. The van der Waals surface area contributed by atoms with E-state index < -0.39 is 18.0 Å². The molecule has 6 nitrogen and oxygen atoms in total. The average molecular weight is 305 g/mol. The summed E-state index contributed by atoms with van der Waals surface area (Å²) in [5.41, 5.74) is 0. The first-order chi connectivity index (χ1) is 9.42. The van der Waals surface area contributed by atoms with E-state index in [1.165, 1.54) is 0 Å². The monoisotopic (exact) mass is 305 g/mol. The summed E-state index contributed by atoms with van der Waals surface area (Å²) in [6.07, 6.45) is 3.19. The first kappa shape index (κ1) is 18.8. The molecule has 0 unspecified atom stereocenters. The lowest BCUT2D eigenvalue weighted by Crippen LogP contribution is -2.45. The lowest BCUT2D eigenvalue weighted by molar-refractivity contribution is -0.141. The number of aliphatic carboxylic acids is 2. The molecule has 3 N–H and O–H groups in total. The Morgan fingerprint density at radius 1 is 1.10 bits per heavy atom. The van der Waals surface area contributed by atoms with Crippen LogP contribution in [0, 0.1) is 5.92 Å². The molecule has 7 heteroatoms. The zero-order valence-corrected chi connectivity index (χ0v) is 12.7. The number of amides is 1. The predicted octanol–water partition coefficient (Wildman–Crippen LogP) is 1.59. The van der Waals surface area contributed by atoms with Crippen molar-refractivity contribution in [3.8, 4) is 0 Å². The van der Waals surface area contributed by atoms with Gasteiger partial charge in [-0.2, -0.15) is 0 Å². The lowest BCUT2D eigenvalue weighted by atomic mass is 9.97. The van der Waals surface area contributed by atoms with Crippen molar-refractivity contribution < 1.29 is 24.6 Å². The van der Waals surface area contributed by atoms with Gasteiger partial charge in [0.25, 0.3) is 0 Å². The van der Waals surface area contributed by atoms with Crippen molar-refractivity contribution in [3.63, 3.8) is 0 Å². The Kier molecular flexibility index (Phi) is 9.88. The maximum atomic E-state index is 12.0. The third kappa shape index (κ3) is 8.04. The first-order valence-corrected chi connectivity index (χ1v) is 7.90. The third-order valence-corrected chi connectivity index (χ3v) is 3.79. The molecular weight excluding hydrogens is 282 g/mol. The van der Waals surface area contributed by atoms with Crippen LogP contribution in [-0.2, 0) is 14.4 Å². The molecule has 0 bridgehead atoms. The van der Waals surface area contributed by atoms with Crippen LogP contribution in [-0.4, -0.2) is 45.6 Å². The van der Waals surface area contributed by atoms with Crippen LogP contribution in [0.25, 0.3) is 0 Å². The minimum Gasteiger partial charge on any atom is -0.481 e. The van der Waals surface area contributed by atoms with Crippen molar-refractivity contribution in [2.24, 2.45) is 5.92 Å². The SMILES string of the molecule is CCCC(CCC)C(=O)N[C@@H](CSCC(=O)O)C(=O)O. The standard InChI is InChI=1S/C13H23NO5S/c1-3-5-9(6-4-2)12(17)14-10(13(18)19)7-20-8-11(15)16/h9-10H,3-8H2,1-2H3,(H,14,17)(H,15,16)(H,18,19)/t10-/m0/s1. The first-order valence-electron chi connectivity index (χ1n) is 6.75. The van der Waals surface area contributed by atoms with E-state index in [2.05, 4.69) is 5.32 Å². The van der Waals surface area contributed by atoms with Crippen molar-refractivity contribution in [2.75, 3.05) is 11.5 Å². The molecule has 0 aliphatic carbocycles. The summed E-state index contributed by atoms with van der Waals surface area (Å²) in [5, 5.41) is 20.1. The number of carboxylic acid groups (broad SMARTS) is 2. The molecule has 1 amide bonds. The fourth-order valence-corrected chi connectivity index (χ4v) is 2.59. The van der Waals surface area contributed by atoms with Gasteiger partial charge in [-0.1, -0.05) is 26.7 Å². The van der Waals surface area contributed by atoms with Gasteiger partial charge in [0.2, 0.25) is 5.91 Å². The summed E-state index contributed by atoms with van der Waals surface area (Å²) in [7, 11) is 0. The highest BCUT2D eigenvalue weighted by molar-refractivity contribution is 8.00. The maximum Gasteiger partial charge on any atom is 0.327 e. The summed E-state index contributed by atoms with van der Waals surface area (Å²) < 4.78 is 0. The van der Waals surface area contributed by atoms with E-state index >= 15 is 0 Å². The highest BCUT2D eigenvalue weighted by Crippen LogP contribution is 2.14. The molecule has 0 aliphatic rings. The van der Waals surface area contributed by atoms with Crippen LogP contribution in [0.1, 0.15) is 39.5 Å². The molecule has 0 radical (unpaired) electrons. The quantitative estimate of drug-likeness (QED) is 0.535. The van der Waals surface area contributed by atoms with Gasteiger partial charge in [-0.15, -0.1) is 11.8 Å². The van der Waals surface area contributed by atoms with Crippen LogP contribution in [0.2, 0.25) is 0 Å². The Morgan fingerprint density at radius 2 is 1.65 bits per heavy atom. The molecule has 0 rings (SSSR count). The molecule has 0 aromatic carbocycles. The summed E-state index contributed by atoms with van der Waals surface area (Å²) in [4.78, 5) is 33.5. The second-order valence-corrected chi connectivity index (χ2v) is 5.61. The van der Waals surface area contributed by atoms with E-state index in [4.69, 9.17) is 10.2 Å². The van der Waals surface area contributed by atoms with E-state index in [1.807, 2.05) is 13.8 Å². The number of carbonyl (C=O) groups is 3. The molecule has 20 heavy (non-hydrogen) atoms. The predicted molar refractivity (Wildman–Crippen MR) is 77.8 cm³/mol. The van der Waals surface area contributed by atoms with Gasteiger partial charge >= 0.3 is 11.9 Å². The van der Waals surface area contributed by atoms with Gasteiger partial charge in [-0.25, -0.2) is 4.79 Å². The third-order valence-electron chi connectivity index (χ3n) is 2.77. The number of hydrogen-bond donors (Lipinski definition) is 3. The van der Waals surface area contributed by atoms with Crippen LogP contribution < -0.4 is 5.32 Å². The van der Waals surface area contributed by atoms with Gasteiger partial charge in [0, 0.05) is 11.7 Å². The fourth-order valence-electron chi connectivity index (χ4n) is 1.83. The van der Waals surface area contributed by atoms with Crippen LogP contribution >= 0.6 is 11.8 Å². The van der Waals surface area contributed by atoms with E-state index in [9.17, 15) is 14.4 Å². The van der Waals surface area contributed by atoms with Gasteiger partial charge in [-0.3, -0.25) is 9.59 Å². The second-order valence-electron chi connectivity index (χ2n) is 4.58. The molecular formula is C13H23NO5S. The number of nitrogens with one attached hydrogen (secondary N) is 1. The zero-order chi connectivity index (χ0) is 15.5. The van der Waals surface area contributed by atoms with Gasteiger partial charge < -0.3 is 15.5 Å². The average Bonchev–Trinajstić information content (AvgIpc) is 2.36. The van der Waals surface area contributed by atoms with E-state index in [-0.39, 0.29) is 23.3 Å². The lowest BCUT2D eigenvalue weighted by Gasteiger charge is -2.19. The highest BCUT2D eigenvalue weighted by Gasteiger charge is 2.24. The van der Waals surface area contributed by atoms with Crippen molar-refractivity contribution in [3.05, 3.63) is 0 Å². The maximum absolute atomic E-state index is 12.0. The fraction of sp³-hybridized carbons (Fsp3) is 0.769. The van der Waals surface area contributed by atoms with Crippen LogP contribution in [0.5, 0.6) is 0 Å². The number of carboxylic acids is 2. The van der Waals surface area contributed by atoms with E-state index in [1.54, 1.807) is 0 Å². The smallest absolute Gasteiger partial charge is 0.327 e. The molecule has 0 spiro atoms. The molecule has 0 fully saturated rings. The molecule has 0 aromatic rings. The summed E-state index contributed by atoms with van der Waals surface area (Å²) in [5.74, 6) is -2.68. The van der Waals surface area contributed by atoms with Crippen molar-refractivity contribution in [1.82, 2.24) is 5.32 Å². The molecule has 0 aromatic heterocycles. The molecule has 116 valence electrons. The number of hydrogen-bond acceptors (Lipinski definition) is 4. The van der Waals surface area contributed by atoms with E-state index in [0.717, 1.165) is 37.4 Å². The number of carbonyl (C=O) groups excluding carboxylic acids is 1. The van der Waals surface area contributed by atoms with Crippen molar-refractivity contribution >= 4 is 29.6 Å². The van der Waals surface area contributed by atoms with Crippen molar-refractivity contribution in [2.45, 2.75) is 45.6 Å². The van der Waals surface area contributed by atoms with Gasteiger partial charge in [0.15, 0.2) is 0 Å². The Balaban J connectivity index is 4.43. The number of rotatable bonds is 11. The summed E-state index contributed by atoms with van der Waals surface area (Å²) >= 11 is 0.983. The van der Waals surface area contributed by atoms with Crippen LogP contribution in [0.3, 0.4) is 0 Å². The minimum absolute atomic E-state index is 0.0539. The van der Waals surface area contributed by atoms with Gasteiger partial charge in [0.1, 0.15) is 6.04 Å². The zero-order valence-electron chi connectivity index (χ0n) is 11.9. The Hall–Kier alpha value is -1.24. The van der Waals surface area contributed by atoms with Crippen LogP contribution in [0.15, 0.2) is 0 Å². The van der Waals surface area contributed by atoms with Crippen molar-refractivity contribution in [1.29, 1.82) is 0 Å². The van der Waals surface area contributed by atoms with Crippen LogP contribution in [0.4, 0.5) is 0 Å². The minimum atomic E-state index is -1.14. The van der Waals surface area contributed by atoms with E-state index in [0.29, 0.717) is 0 Å². The summed E-state index contributed by atoms with van der Waals surface area (Å²) in [6, 6.07) is -1.04. The number of thioether (sulfide) groups is 1. The largest absolute Gasteiger partial charge is 0.481 e. The normalized spacial score (nSPS) is 12.2. The highest BCUT2D eigenvalue weighted by atomic mass is 32.2. The molecule has 0 heterocycles. The van der Waals surface area contributed by atoms with Gasteiger partial charge in [-0.05, 0) is 12.8 Å². The Labute approximate surface area is 123 Å². The molecule has 0 aliphatic heterocycles. The Bertz CT molecular complexity index is 329. The summed E-state index contributed by atoms with van der Waals surface area (Å²) in [6.45, 7) is 3.96. The molecule has 1 atom stereocenters. The van der Waals surface area contributed by atoms with Gasteiger partial charge in [0.05, 0.1) is 5.75 Å². The second kappa shape index (κ2) is 10.5. The topological polar surface area (TPSA) is 104 Å².